The number of anilines is 1. The van der Waals surface area contributed by atoms with Crippen LogP contribution < -0.4 is 10.1 Å². The Hall–Kier alpha value is -2.50. The fourth-order valence-electron chi connectivity index (χ4n) is 1.45. The fraction of sp³-hybridized carbons (Fsp3) is 0.0769. The van der Waals surface area contributed by atoms with Gasteiger partial charge in [-0.1, -0.05) is 0 Å². The van der Waals surface area contributed by atoms with Gasteiger partial charge in [-0.25, -0.2) is 13.8 Å². The average molecular weight is 264 g/mol. The van der Waals surface area contributed by atoms with Crippen molar-refractivity contribution in [2.24, 2.45) is 0 Å². The molecule has 4 nitrogen and oxygen atoms in total. The molecule has 0 radical (unpaired) electrons. The molecule has 1 aromatic heterocycles. The van der Waals surface area contributed by atoms with E-state index in [0.29, 0.717) is 0 Å². The molecule has 2 aromatic rings. The van der Waals surface area contributed by atoms with Gasteiger partial charge in [-0.2, -0.15) is 0 Å². The standard InChI is InChI=1S/C13H10F2N2O2/c1-19-12-6-8(4-5-16-12)13(18)17-11-7-9(14)2-3-10(11)15/h2-7H,1H3,(H,17,18). The molecule has 1 N–H and O–H groups in total. The number of hydrogen-bond donors (Lipinski definition) is 1. The molecule has 98 valence electrons. The lowest BCUT2D eigenvalue weighted by atomic mass is 10.2. The largest absolute Gasteiger partial charge is 0.481 e. The maximum atomic E-state index is 13.4. The van der Waals surface area contributed by atoms with Gasteiger partial charge in [-0.15, -0.1) is 0 Å². The number of hydrogen-bond acceptors (Lipinski definition) is 3. The van der Waals surface area contributed by atoms with E-state index in [4.69, 9.17) is 4.74 Å². The number of pyridine rings is 1. The summed E-state index contributed by atoms with van der Waals surface area (Å²) < 4.78 is 31.2. The summed E-state index contributed by atoms with van der Waals surface area (Å²) in [6.07, 6.45) is 1.38. The van der Waals surface area contributed by atoms with Crippen LogP contribution in [-0.4, -0.2) is 18.0 Å². The topological polar surface area (TPSA) is 51.2 Å². The van der Waals surface area contributed by atoms with Gasteiger partial charge in [0.05, 0.1) is 12.8 Å². The quantitative estimate of drug-likeness (QED) is 0.927. The van der Waals surface area contributed by atoms with Crippen LogP contribution in [0.2, 0.25) is 0 Å². The zero-order chi connectivity index (χ0) is 13.8. The summed E-state index contributed by atoms with van der Waals surface area (Å²) >= 11 is 0. The van der Waals surface area contributed by atoms with E-state index < -0.39 is 17.5 Å². The Bertz CT molecular complexity index is 617. The highest BCUT2D eigenvalue weighted by Crippen LogP contribution is 2.17. The van der Waals surface area contributed by atoms with E-state index in [-0.39, 0.29) is 17.1 Å². The number of rotatable bonds is 3. The van der Waals surface area contributed by atoms with E-state index in [1.807, 2.05) is 0 Å². The van der Waals surface area contributed by atoms with Crippen LogP contribution in [0.1, 0.15) is 10.4 Å². The summed E-state index contributed by atoms with van der Waals surface area (Å²) in [5, 5.41) is 2.28. The minimum absolute atomic E-state index is 0.222. The summed E-state index contributed by atoms with van der Waals surface area (Å²) in [5.74, 6) is -1.67. The summed E-state index contributed by atoms with van der Waals surface area (Å²) in [6, 6.07) is 5.66. The van der Waals surface area contributed by atoms with Gasteiger partial charge >= 0.3 is 0 Å². The fourth-order valence-corrected chi connectivity index (χ4v) is 1.45. The maximum absolute atomic E-state index is 13.4. The molecule has 19 heavy (non-hydrogen) atoms. The minimum Gasteiger partial charge on any atom is -0.481 e. The van der Waals surface area contributed by atoms with Gasteiger partial charge < -0.3 is 10.1 Å². The van der Waals surface area contributed by atoms with Gasteiger partial charge in [0.1, 0.15) is 11.6 Å². The number of carbonyl (C=O) groups excluding carboxylic acids is 1. The molecule has 0 saturated carbocycles. The average Bonchev–Trinajstić information content (AvgIpc) is 2.43. The number of nitrogens with zero attached hydrogens (tertiary/aromatic N) is 1. The van der Waals surface area contributed by atoms with Gasteiger partial charge in [-0.05, 0) is 18.2 Å². The lowest BCUT2D eigenvalue weighted by Crippen LogP contribution is -2.13. The first-order valence-corrected chi connectivity index (χ1v) is 5.36. The smallest absolute Gasteiger partial charge is 0.255 e. The molecule has 0 fully saturated rings. The zero-order valence-electron chi connectivity index (χ0n) is 9.98. The van der Waals surface area contributed by atoms with E-state index in [0.717, 1.165) is 18.2 Å². The summed E-state index contributed by atoms with van der Waals surface area (Å²) in [4.78, 5) is 15.7. The van der Waals surface area contributed by atoms with E-state index in [1.54, 1.807) is 0 Å². The van der Waals surface area contributed by atoms with Crippen LogP contribution in [0.15, 0.2) is 36.5 Å². The van der Waals surface area contributed by atoms with Gasteiger partial charge in [0.25, 0.3) is 5.91 Å². The lowest BCUT2D eigenvalue weighted by Gasteiger charge is -2.07. The third kappa shape index (κ3) is 3.04. The molecule has 1 heterocycles. The molecule has 0 bridgehead atoms. The van der Waals surface area contributed by atoms with Gasteiger partial charge in [-0.3, -0.25) is 4.79 Å². The molecule has 0 aliphatic rings. The molecule has 0 aliphatic heterocycles. The predicted molar refractivity (Wildman–Crippen MR) is 65.1 cm³/mol. The van der Waals surface area contributed by atoms with Crippen molar-refractivity contribution in [2.45, 2.75) is 0 Å². The second kappa shape index (κ2) is 5.43. The molecule has 0 unspecified atom stereocenters. The van der Waals surface area contributed by atoms with E-state index in [9.17, 15) is 13.6 Å². The van der Waals surface area contributed by atoms with Crippen molar-refractivity contribution >= 4 is 11.6 Å². The summed E-state index contributed by atoms with van der Waals surface area (Å²) in [6.45, 7) is 0. The van der Waals surface area contributed by atoms with Gasteiger partial charge in [0, 0.05) is 23.9 Å². The number of halogens is 2. The molecule has 0 saturated heterocycles. The first-order valence-electron chi connectivity index (χ1n) is 5.36. The summed E-state index contributed by atoms with van der Waals surface area (Å²) in [5.41, 5.74) is 0.0105. The van der Waals surface area contributed by atoms with Crippen molar-refractivity contribution in [3.05, 3.63) is 53.7 Å². The highest BCUT2D eigenvalue weighted by molar-refractivity contribution is 6.04. The van der Waals surface area contributed by atoms with E-state index in [1.165, 1.54) is 25.4 Å². The molecule has 0 spiro atoms. The molecular weight excluding hydrogens is 254 g/mol. The molecule has 6 heteroatoms. The van der Waals surface area contributed by atoms with Crippen LogP contribution in [-0.2, 0) is 0 Å². The van der Waals surface area contributed by atoms with E-state index in [2.05, 4.69) is 10.3 Å². The van der Waals surface area contributed by atoms with Crippen molar-refractivity contribution in [1.29, 1.82) is 0 Å². The Morgan fingerprint density at radius 2 is 2.05 bits per heavy atom. The second-order valence-electron chi connectivity index (χ2n) is 3.67. The van der Waals surface area contributed by atoms with Crippen molar-refractivity contribution in [3.8, 4) is 5.88 Å². The van der Waals surface area contributed by atoms with Crippen molar-refractivity contribution < 1.29 is 18.3 Å². The highest BCUT2D eigenvalue weighted by atomic mass is 19.1. The minimum atomic E-state index is -0.712. The number of methoxy groups -OCH3 is 1. The third-order valence-corrected chi connectivity index (χ3v) is 2.38. The molecule has 0 atom stereocenters. The molecule has 0 aliphatic carbocycles. The van der Waals surface area contributed by atoms with Gasteiger partial charge in [0.15, 0.2) is 0 Å². The van der Waals surface area contributed by atoms with Crippen molar-refractivity contribution in [2.75, 3.05) is 12.4 Å². The van der Waals surface area contributed by atoms with Crippen molar-refractivity contribution in [1.82, 2.24) is 4.98 Å². The van der Waals surface area contributed by atoms with Crippen LogP contribution in [0.25, 0.3) is 0 Å². The Labute approximate surface area is 108 Å². The first kappa shape index (κ1) is 12.9. The van der Waals surface area contributed by atoms with Crippen molar-refractivity contribution in [3.63, 3.8) is 0 Å². The summed E-state index contributed by atoms with van der Waals surface area (Å²) in [7, 11) is 1.41. The van der Waals surface area contributed by atoms with Crippen LogP contribution in [0.4, 0.5) is 14.5 Å². The van der Waals surface area contributed by atoms with Crippen LogP contribution in [0.5, 0.6) is 5.88 Å². The number of ether oxygens (including phenoxy) is 1. The van der Waals surface area contributed by atoms with Crippen LogP contribution in [0, 0.1) is 11.6 Å². The molecule has 1 aromatic carbocycles. The zero-order valence-corrected chi connectivity index (χ0v) is 9.98. The second-order valence-corrected chi connectivity index (χ2v) is 3.67. The van der Waals surface area contributed by atoms with Crippen LogP contribution in [0.3, 0.4) is 0 Å². The Morgan fingerprint density at radius 1 is 1.26 bits per heavy atom. The highest BCUT2D eigenvalue weighted by Gasteiger charge is 2.11. The van der Waals surface area contributed by atoms with Crippen LogP contribution >= 0.6 is 0 Å². The Balaban J connectivity index is 2.22. The number of carbonyl (C=O) groups is 1. The third-order valence-electron chi connectivity index (χ3n) is 2.38. The number of aromatic nitrogens is 1. The first-order chi connectivity index (χ1) is 9.10. The Kier molecular flexibility index (Phi) is 3.70. The maximum Gasteiger partial charge on any atom is 0.255 e. The SMILES string of the molecule is COc1cc(C(=O)Nc2cc(F)ccc2F)ccn1. The molecular formula is C13H10F2N2O2. The number of nitrogens with one attached hydrogen (secondary N) is 1. The number of benzene rings is 1. The monoisotopic (exact) mass is 264 g/mol. The normalized spacial score (nSPS) is 10.1. The van der Waals surface area contributed by atoms with Gasteiger partial charge in [0.2, 0.25) is 5.88 Å². The molecule has 2 rings (SSSR count). The van der Waals surface area contributed by atoms with E-state index >= 15 is 0 Å². The number of amides is 1. The Morgan fingerprint density at radius 3 is 2.79 bits per heavy atom. The lowest BCUT2D eigenvalue weighted by molar-refractivity contribution is 0.102. The predicted octanol–water partition coefficient (Wildman–Crippen LogP) is 2.62. The molecule has 1 amide bonds.